The molecule has 1 atom stereocenters. The number of unbranched alkanes of at least 4 members (excludes halogenated alkanes) is 11. The van der Waals surface area contributed by atoms with Gasteiger partial charge in [-0.25, -0.2) is 4.79 Å². The average Bonchev–Trinajstić information content (AvgIpc) is 2.69. The predicted octanol–water partition coefficient (Wildman–Crippen LogP) is 4.92. The van der Waals surface area contributed by atoms with E-state index in [1.807, 2.05) is 0 Å². The molecule has 1 unspecified atom stereocenters. The van der Waals surface area contributed by atoms with Crippen molar-refractivity contribution in [2.45, 2.75) is 103 Å². The fourth-order valence-electron chi connectivity index (χ4n) is 2.65. The summed E-state index contributed by atoms with van der Waals surface area (Å²) in [5.74, 6) is 0.963. The molecule has 5 heteroatoms. The molecule has 0 amide bonds. The zero-order valence-corrected chi connectivity index (χ0v) is 17.9. The molecule has 0 aliphatic heterocycles. The summed E-state index contributed by atoms with van der Waals surface area (Å²) in [4.78, 5) is 19.9. The summed E-state index contributed by atoms with van der Waals surface area (Å²) in [6.45, 7) is 4.45. The lowest BCUT2D eigenvalue weighted by atomic mass is 10.1. The number of esters is 1. The van der Waals surface area contributed by atoms with Gasteiger partial charge in [0, 0.05) is 6.42 Å². The van der Waals surface area contributed by atoms with Gasteiger partial charge in [0.25, 0.3) is 0 Å². The van der Waals surface area contributed by atoms with Crippen LogP contribution in [0.25, 0.3) is 0 Å². The van der Waals surface area contributed by atoms with Crippen LogP contribution in [-0.2, 0) is 14.3 Å². The molecule has 164 valence electrons. The first kappa shape index (κ1) is 28.8. The van der Waals surface area contributed by atoms with Crippen molar-refractivity contribution in [3.63, 3.8) is 0 Å². The van der Waals surface area contributed by atoms with E-state index in [1.165, 1.54) is 63.7 Å². The smallest absolute Gasteiger partial charge is 0.305 e. The van der Waals surface area contributed by atoms with Crippen LogP contribution in [0.2, 0.25) is 0 Å². The van der Waals surface area contributed by atoms with Crippen LogP contribution < -0.4 is 0 Å². The molecule has 0 aromatic rings. The zero-order valence-electron chi connectivity index (χ0n) is 17.9. The number of aliphatic hydroxyl groups is 2. The van der Waals surface area contributed by atoms with Crippen molar-refractivity contribution in [1.82, 2.24) is 0 Å². The first-order valence-electron chi connectivity index (χ1n) is 10.9. The lowest BCUT2D eigenvalue weighted by Gasteiger charge is -2.08. The molecular weight excluding hydrogens is 356 g/mol. The number of rotatable bonds is 18. The van der Waals surface area contributed by atoms with Crippen LogP contribution >= 0.6 is 0 Å². The molecular formula is C23H42O5. The van der Waals surface area contributed by atoms with Gasteiger partial charge in [0.1, 0.15) is 18.7 Å². The lowest BCUT2D eigenvalue weighted by molar-refractivity contribution is -0.147. The zero-order chi connectivity index (χ0) is 21.3. The molecule has 0 rings (SSSR count). The van der Waals surface area contributed by atoms with Gasteiger partial charge in [-0.2, -0.15) is 0 Å². The van der Waals surface area contributed by atoms with Crippen molar-refractivity contribution in [2.24, 2.45) is 0 Å². The molecule has 0 aliphatic rings. The Hall–Kier alpha value is -1.42. The number of ether oxygens (including phenoxy) is 1. The predicted molar refractivity (Wildman–Crippen MR) is 115 cm³/mol. The highest BCUT2D eigenvalue weighted by Crippen LogP contribution is 2.10. The molecule has 5 nitrogen and oxygen atoms in total. The van der Waals surface area contributed by atoms with Gasteiger partial charge in [0.05, 0.1) is 6.61 Å². The largest absolute Gasteiger partial charge is 0.463 e. The van der Waals surface area contributed by atoms with Gasteiger partial charge < -0.3 is 14.9 Å². The molecule has 0 heterocycles. The quantitative estimate of drug-likeness (QED) is 0.148. The molecule has 0 aromatic carbocycles. The maximum absolute atomic E-state index is 11.4. The van der Waals surface area contributed by atoms with E-state index in [9.17, 15) is 4.79 Å². The summed E-state index contributed by atoms with van der Waals surface area (Å²) < 4.78 is 4.86. The fourth-order valence-corrected chi connectivity index (χ4v) is 2.65. The molecule has 0 aliphatic carbocycles. The number of carbonyl (C=O) groups excluding carboxylic acids is 2. The summed E-state index contributed by atoms with van der Waals surface area (Å²) in [5, 5.41) is 17.7. The molecule has 2 N–H and O–H groups in total. The Morgan fingerprint density at radius 3 is 1.93 bits per heavy atom. The van der Waals surface area contributed by atoms with Crippen LogP contribution in [0.1, 0.15) is 96.8 Å². The van der Waals surface area contributed by atoms with Gasteiger partial charge in [0.2, 0.25) is 0 Å². The van der Waals surface area contributed by atoms with Crippen LogP contribution in [0, 0.1) is 0 Å². The van der Waals surface area contributed by atoms with E-state index in [0.717, 1.165) is 25.7 Å². The topological polar surface area (TPSA) is 83.8 Å². The average molecular weight is 399 g/mol. The number of aliphatic hydroxyl groups excluding tert-OH is 2. The second-order valence-corrected chi connectivity index (χ2v) is 7.00. The molecule has 0 saturated heterocycles. The minimum Gasteiger partial charge on any atom is -0.463 e. The van der Waals surface area contributed by atoms with Crippen molar-refractivity contribution in [2.75, 3.05) is 13.2 Å². The fraction of sp³-hybridized carbons (Fsp3) is 0.783. The van der Waals surface area contributed by atoms with Crippen molar-refractivity contribution < 1.29 is 24.5 Å². The summed E-state index contributed by atoms with van der Waals surface area (Å²) in [6.07, 6.45) is 20.1. The van der Waals surface area contributed by atoms with Crippen LogP contribution in [-0.4, -0.2) is 41.4 Å². The molecule has 0 aromatic heterocycles. The first-order valence-corrected chi connectivity index (χ1v) is 10.9. The summed E-state index contributed by atoms with van der Waals surface area (Å²) >= 11 is 0. The maximum Gasteiger partial charge on any atom is 0.305 e. The summed E-state index contributed by atoms with van der Waals surface area (Å²) in [6, 6.07) is 0. The normalized spacial score (nSPS) is 11.5. The van der Waals surface area contributed by atoms with Gasteiger partial charge >= 0.3 is 5.97 Å². The van der Waals surface area contributed by atoms with Crippen LogP contribution in [0.5, 0.6) is 0 Å². The van der Waals surface area contributed by atoms with Gasteiger partial charge in [-0.05, 0) is 38.7 Å². The lowest BCUT2D eigenvalue weighted by Crippen LogP contribution is -2.21. The Balaban J connectivity index is 0. The summed E-state index contributed by atoms with van der Waals surface area (Å²) in [5.41, 5.74) is 0. The third kappa shape index (κ3) is 26.8. The molecule has 0 saturated carbocycles. The third-order valence-electron chi connectivity index (χ3n) is 4.29. The molecule has 0 bridgehead atoms. The van der Waals surface area contributed by atoms with Crippen LogP contribution in [0.3, 0.4) is 0 Å². The Labute approximate surface area is 171 Å². The highest BCUT2D eigenvalue weighted by molar-refractivity contribution is 5.69. The van der Waals surface area contributed by atoms with Crippen molar-refractivity contribution >= 4 is 11.9 Å². The van der Waals surface area contributed by atoms with E-state index in [0.29, 0.717) is 6.42 Å². The first-order chi connectivity index (χ1) is 13.6. The van der Waals surface area contributed by atoms with Gasteiger partial charge in [-0.3, -0.25) is 4.79 Å². The van der Waals surface area contributed by atoms with Crippen LogP contribution in [0.4, 0.5) is 0 Å². The highest BCUT2D eigenvalue weighted by Gasteiger charge is 2.07. The molecule has 28 heavy (non-hydrogen) atoms. The molecule has 0 spiro atoms. The van der Waals surface area contributed by atoms with E-state index in [-0.39, 0.29) is 19.2 Å². The Bertz CT molecular complexity index is 386. The van der Waals surface area contributed by atoms with E-state index >= 15 is 0 Å². The van der Waals surface area contributed by atoms with Gasteiger partial charge in [-0.15, -0.1) is 0 Å². The van der Waals surface area contributed by atoms with Crippen molar-refractivity contribution in [3.8, 4) is 0 Å². The Kier molecular flexibility index (Phi) is 26.3. The van der Waals surface area contributed by atoms with Crippen molar-refractivity contribution in [3.05, 3.63) is 18.7 Å². The minimum atomic E-state index is -0.960. The second kappa shape index (κ2) is 25.6. The monoisotopic (exact) mass is 398 g/mol. The summed E-state index contributed by atoms with van der Waals surface area (Å²) in [7, 11) is 0. The third-order valence-corrected chi connectivity index (χ3v) is 4.29. The van der Waals surface area contributed by atoms with Gasteiger partial charge in [-0.1, -0.05) is 70.4 Å². The number of hydrogen-bond acceptors (Lipinski definition) is 5. The highest BCUT2D eigenvalue weighted by atomic mass is 16.5. The number of hydrogen-bond donors (Lipinski definition) is 2. The van der Waals surface area contributed by atoms with E-state index in [1.54, 1.807) is 0 Å². The molecule has 0 radical (unpaired) electrons. The maximum atomic E-state index is 11.4. The van der Waals surface area contributed by atoms with Crippen LogP contribution in [0.15, 0.2) is 18.7 Å². The van der Waals surface area contributed by atoms with Gasteiger partial charge in [0.15, 0.2) is 0 Å². The number of allylic oxidation sites excluding steroid dienone is 2. The van der Waals surface area contributed by atoms with E-state index in [2.05, 4.69) is 25.7 Å². The molecule has 0 fully saturated rings. The van der Waals surface area contributed by atoms with Crippen molar-refractivity contribution in [1.29, 1.82) is 0 Å². The second-order valence-electron chi connectivity index (χ2n) is 7.00. The minimum absolute atomic E-state index is 0.111. The Morgan fingerprint density at radius 2 is 1.43 bits per heavy atom. The Morgan fingerprint density at radius 1 is 0.964 bits per heavy atom. The SMILES string of the molecule is C=C=O.CCCCCCCC/C=C\CCCCCCCC(=O)OCC(O)CO. The number of carbonyl (C=O) groups is 1. The standard InChI is InChI=1S/C21H40O4.C2H2O/c1-2-3-4-5-6-7-8-9-10-11-12-13-14-15-16-17-21(24)25-19-20(23)18-22;1-2-3/h9-10,20,22-23H,2-8,11-19H2,1H3;1H2/b10-9-;. The van der Waals surface area contributed by atoms with E-state index < -0.39 is 6.10 Å². The van der Waals surface area contributed by atoms with E-state index in [4.69, 9.17) is 19.7 Å².